The third kappa shape index (κ3) is 6.82. The van der Waals surface area contributed by atoms with Crippen molar-refractivity contribution in [3.05, 3.63) is 84.2 Å². The van der Waals surface area contributed by atoms with Crippen LogP contribution in [0.5, 0.6) is 0 Å². The smallest absolute Gasteiger partial charge is 0.418 e. The predicted octanol–water partition coefficient (Wildman–Crippen LogP) is 5.96. The molecule has 0 bridgehead atoms. The highest BCUT2D eigenvalue weighted by Gasteiger charge is 2.34. The number of hydrogen-bond donors (Lipinski definition) is 0. The fourth-order valence-corrected chi connectivity index (χ4v) is 6.60. The molecule has 1 amide bonds. The lowest BCUT2D eigenvalue weighted by molar-refractivity contribution is -0.145. The van der Waals surface area contributed by atoms with Gasteiger partial charge < -0.3 is 14.4 Å². The summed E-state index contributed by atoms with van der Waals surface area (Å²) < 4.78 is 11.3. The molecular formula is C29H34N2O5S2. The van der Waals surface area contributed by atoms with Crippen molar-refractivity contribution < 1.29 is 23.9 Å². The summed E-state index contributed by atoms with van der Waals surface area (Å²) in [5.41, 5.74) is 2.46. The maximum atomic E-state index is 13.9. The molecule has 3 aromatic rings. The van der Waals surface area contributed by atoms with E-state index in [0.717, 1.165) is 22.5 Å². The monoisotopic (exact) mass is 554 g/mol. The highest BCUT2D eigenvalue weighted by Crippen LogP contribution is 2.32. The molecule has 1 aromatic heterocycles. The quantitative estimate of drug-likeness (QED) is 0.202. The van der Waals surface area contributed by atoms with Gasteiger partial charge in [0.15, 0.2) is 0 Å². The van der Waals surface area contributed by atoms with Crippen LogP contribution in [0.1, 0.15) is 25.1 Å². The van der Waals surface area contributed by atoms with E-state index in [0.29, 0.717) is 16.9 Å². The Hall–Kier alpha value is -3.17. The number of esters is 1. The van der Waals surface area contributed by atoms with E-state index in [4.69, 9.17) is 9.47 Å². The molecule has 1 unspecified atom stereocenters. The van der Waals surface area contributed by atoms with E-state index in [1.54, 1.807) is 28.4 Å². The standard InChI is InChI=1S/C29H34N2O5S2/c1-6-37-28(38-7-2)26(32)30(19-21-13-9-8-10-14-21)20(3)24(27(33)35-4)18-23-17-22-15-11-12-16-25(22)31(23)29(34)36-5/h8-17,24,28H,3,6-7,18-19H2,1-2,4-5H3. The third-order valence-corrected chi connectivity index (χ3v) is 8.57. The molecule has 0 saturated heterocycles. The van der Waals surface area contributed by atoms with E-state index in [2.05, 4.69) is 6.58 Å². The van der Waals surface area contributed by atoms with Gasteiger partial charge in [-0.05, 0) is 29.2 Å². The number of carbonyl (C=O) groups excluding carboxylic acids is 3. The summed E-state index contributed by atoms with van der Waals surface area (Å²) in [4.78, 5) is 41.4. The summed E-state index contributed by atoms with van der Waals surface area (Å²) in [6, 6.07) is 18.9. The maximum absolute atomic E-state index is 13.9. The summed E-state index contributed by atoms with van der Waals surface area (Å²) in [7, 11) is 2.62. The molecular weight excluding hydrogens is 520 g/mol. The molecule has 0 aliphatic heterocycles. The Morgan fingerprint density at radius 3 is 2.18 bits per heavy atom. The number of rotatable bonds is 12. The van der Waals surface area contributed by atoms with Crippen molar-refractivity contribution in [3.63, 3.8) is 0 Å². The number of amides is 1. The largest absolute Gasteiger partial charge is 0.468 e. The van der Waals surface area contributed by atoms with Gasteiger partial charge >= 0.3 is 12.1 Å². The molecule has 1 atom stereocenters. The molecule has 0 aliphatic rings. The Morgan fingerprint density at radius 2 is 1.58 bits per heavy atom. The molecule has 9 heteroatoms. The van der Waals surface area contributed by atoms with Crippen LogP contribution in [0.25, 0.3) is 10.9 Å². The molecule has 38 heavy (non-hydrogen) atoms. The zero-order chi connectivity index (χ0) is 27.7. The van der Waals surface area contributed by atoms with Crippen molar-refractivity contribution >= 4 is 52.4 Å². The van der Waals surface area contributed by atoms with Gasteiger partial charge in [-0.2, -0.15) is 0 Å². The molecule has 2 aromatic carbocycles. The van der Waals surface area contributed by atoms with Gasteiger partial charge in [-0.3, -0.25) is 9.59 Å². The SMILES string of the molecule is C=C(C(Cc1cc2ccccc2n1C(=O)OC)C(=O)OC)N(Cc1ccccc1)C(=O)C(SCC)SCC. The van der Waals surface area contributed by atoms with Crippen LogP contribution in [0.2, 0.25) is 0 Å². The van der Waals surface area contributed by atoms with Gasteiger partial charge in [-0.25, -0.2) is 9.36 Å². The minimum atomic E-state index is -0.903. The molecule has 0 fully saturated rings. The first-order valence-corrected chi connectivity index (χ1v) is 14.5. The summed E-state index contributed by atoms with van der Waals surface area (Å²) in [6.07, 6.45) is -0.466. The summed E-state index contributed by atoms with van der Waals surface area (Å²) in [6.45, 7) is 8.54. The van der Waals surface area contributed by atoms with E-state index < -0.39 is 18.0 Å². The van der Waals surface area contributed by atoms with Crippen LogP contribution in [-0.4, -0.2) is 57.7 Å². The van der Waals surface area contributed by atoms with Gasteiger partial charge in [-0.1, -0.05) is 69.0 Å². The number of methoxy groups -OCH3 is 2. The summed E-state index contributed by atoms with van der Waals surface area (Å²) in [5, 5.41) is 0.832. The number of ether oxygens (including phenoxy) is 2. The molecule has 0 spiro atoms. The fraction of sp³-hybridized carbons (Fsp3) is 0.345. The van der Waals surface area contributed by atoms with E-state index in [1.807, 2.05) is 74.5 Å². The minimum Gasteiger partial charge on any atom is -0.468 e. The van der Waals surface area contributed by atoms with E-state index in [9.17, 15) is 14.4 Å². The molecule has 0 radical (unpaired) electrons. The zero-order valence-corrected chi connectivity index (χ0v) is 23.8. The molecule has 0 N–H and O–H groups in total. The number of carbonyl (C=O) groups is 3. The number of hydrogen-bond acceptors (Lipinski definition) is 7. The Morgan fingerprint density at radius 1 is 0.947 bits per heavy atom. The number of para-hydroxylation sites is 1. The van der Waals surface area contributed by atoms with Gasteiger partial charge in [0.05, 0.1) is 26.3 Å². The Bertz CT molecular complexity index is 1270. The second-order valence-electron chi connectivity index (χ2n) is 8.42. The van der Waals surface area contributed by atoms with Gasteiger partial charge in [0.1, 0.15) is 10.5 Å². The van der Waals surface area contributed by atoms with Gasteiger partial charge in [0.2, 0.25) is 5.91 Å². The summed E-state index contributed by atoms with van der Waals surface area (Å²) in [5.74, 6) is -0.0201. The van der Waals surface area contributed by atoms with Crippen molar-refractivity contribution in [2.24, 2.45) is 5.92 Å². The molecule has 3 rings (SSSR count). The van der Waals surface area contributed by atoms with Crippen LogP contribution in [0.4, 0.5) is 4.79 Å². The van der Waals surface area contributed by atoms with Crippen LogP contribution in [0.15, 0.2) is 72.9 Å². The Kier molecular flexibility index (Phi) is 10.9. The van der Waals surface area contributed by atoms with E-state index in [-0.39, 0.29) is 23.5 Å². The lowest BCUT2D eigenvalue weighted by Gasteiger charge is -2.32. The highest BCUT2D eigenvalue weighted by atomic mass is 32.2. The van der Waals surface area contributed by atoms with Crippen LogP contribution >= 0.6 is 23.5 Å². The average molecular weight is 555 g/mol. The lowest BCUT2D eigenvalue weighted by Crippen LogP contribution is -2.40. The minimum absolute atomic E-state index is 0.0976. The first kappa shape index (κ1) is 29.4. The Labute approximate surface area is 232 Å². The summed E-state index contributed by atoms with van der Waals surface area (Å²) >= 11 is 3.11. The topological polar surface area (TPSA) is 77.8 Å². The number of thioether (sulfide) groups is 2. The molecule has 7 nitrogen and oxygen atoms in total. The normalized spacial score (nSPS) is 11.8. The zero-order valence-electron chi connectivity index (χ0n) is 22.2. The Balaban J connectivity index is 2.06. The molecule has 1 heterocycles. The van der Waals surface area contributed by atoms with E-state index in [1.165, 1.54) is 18.8 Å². The number of aromatic nitrogens is 1. The fourth-order valence-electron chi connectivity index (χ4n) is 4.25. The van der Waals surface area contributed by atoms with Crippen molar-refractivity contribution in [2.45, 2.75) is 31.4 Å². The van der Waals surface area contributed by atoms with Crippen molar-refractivity contribution in [1.82, 2.24) is 9.47 Å². The van der Waals surface area contributed by atoms with Crippen molar-refractivity contribution in [3.8, 4) is 0 Å². The number of nitrogens with zero attached hydrogens (tertiary/aromatic N) is 2. The van der Waals surface area contributed by atoms with E-state index >= 15 is 0 Å². The van der Waals surface area contributed by atoms with Crippen LogP contribution < -0.4 is 0 Å². The van der Waals surface area contributed by atoms with Crippen molar-refractivity contribution in [1.29, 1.82) is 0 Å². The highest BCUT2D eigenvalue weighted by molar-refractivity contribution is 8.18. The second kappa shape index (κ2) is 14.1. The first-order valence-electron chi connectivity index (χ1n) is 12.4. The second-order valence-corrected chi connectivity index (χ2v) is 11.5. The van der Waals surface area contributed by atoms with Crippen LogP contribution in [0, 0.1) is 5.92 Å². The number of benzene rings is 2. The molecule has 202 valence electrons. The molecule has 0 saturated carbocycles. The van der Waals surface area contributed by atoms with Crippen LogP contribution in [0.3, 0.4) is 0 Å². The van der Waals surface area contributed by atoms with Gasteiger partial charge in [0.25, 0.3) is 0 Å². The van der Waals surface area contributed by atoms with Gasteiger partial charge in [0, 0.05) is 23.2 Å². The maximum Gasteiger partial charge on any atom is 0.418 e. The lowest BCUT2D eigenvalue weighted by atomic mass is 9.98. The number of fused-ring (bicyclic) bond motifs is 1. The first-order chi connectivity index (χ1) is 18.4. The predicted molar refractivity (Wildman–Crippen MR) is 155 cm³/mol. The molecule has 0 aliphatic carbocycles. The van der Waals surface area contributed by atoms with Crippen molar-refractivity contribution in [2.75, 3.05) is 25.7 Å². The van der Waals surface area contributed by atoms with Gasteiger partial charge in [-0.15, -0.1) is 23.5 Å². The third-order valence-electron chi connectivity index (χ3n) is 6.08. The van der Waals surface area contributed by atoms with Crippen LogP contribution in [-0.2, 0) is 32.0 Å². The average Bonchev–Trinajstić information content (AvgIpc) is 3.31.